The SMILES string of the molecule is CC(C)N1CCN(CC2(C)CCN(C)C2)CC1. The van der Waals surface area contributed by atoms with Gasteiger partial charge in [0.25, 0.3) is 0 Å². The number of nitrogens with zero attached hydrogens (tertiary/aromatic N) is 3. The van der Waals surface area contributed by atoms with Crippen molar-refractivity contribution in [2.45, 2.75) is 33.2 Å². The summed E-state index contributed by atoms with van der Waals surface area (Å²) in [6.07, 6.45) is 1.37. The first-order chi connectivity index (χ1) is 7.98. The minimum absolute atomic E-state index is 0.536. The van der Waals surface area contributed by atoms with Gasteiger partial charge in [-0.25, -0.2) is 0 Å². The molecular formula is C14H29N3. The molecule has 0 aromatic heterocycles. The van der Waals surface area contributed by atoms with Crippen LogP contribution in [0.25, 0.3) is 0 Å². The minimum Gasteiger partial charge on any atom is -0.306 e. The maximum absolute atomic E-state index is 2.68. The summed E-state index contributed by atoms with van der Waals surface area (Å²) in [6.45, 7) is 16.0. The van der Waals surface area contributed by atoms with E-state index in [1.54, 1.807) is 0 Å². The van der Waals surface area contributed by atoms with Crippen molar-refractivity contribution in [2.24, 2.45) is 5.41 Å². The van der Waals surface area contributed by atoms with Gasteiger partial charge in [0.05, 0.1) is 0 Å². The van der Waals surface area contributed by atoms with E-state index in [9.17, 15) is 0 Å². The van der Waals surface area contributed by atoms with Gasteiger partial charge in [0.2, 0.25) is 0 Å². The van der Waals surface area contributed by atoms with E-state index in [-0.39, 0.29) is 0 Å². The molecule has 2 fully saturated rings. The highest BCUT2D eigenvalue weighted by molar-refractivity contribution is 4.89. The van der Waals surface area contributed by atoms with Crippen LogP contribution < -0.4 is 0 Å². The quantitative estimate of drug-likeness (QED) is 0.736. The molecule has 2 aliphatic rings. The largest absolute Gasteiger partial charge is 0.306 e. The van der Waals surface area contributed by atoms with Gasteiger partial charge in [0.15, 0.2) is 0 Å². The average Bonchev–Trinajstić information content (AvgIpc) is 2.59. The lowest BCUT2D eigenvalue weighted by Crippen LogP contribution is -2.51. The molecule has 2 saturated heterocycles. The van der Waals surface area contributed by atoms with Gasteiger partial charge in [-0.15, -0.1) is 0 Å². The molecule has 1 atom stereocenters. The number of hydrogen-bond acceptors (Lipinski definition) is 3. The molecular weight excluding hydrogens is 210 g/mol. The van der Waals surface area contributed by atoms with E-state index in [1.165, 1.54) is 52.2 Å². The summed E-state index contributed by atoms with van der Waals surface area (Å²) < 4.78 is 0. The predicted octanol–water partition coefficient (Wildman–Crippen LogP) is 1.35. The van der Waals surface area contributed by atoms with Crippen molar-refractivity contribution in [3.63, 3.8) is 0 Å². The normalized spacial score (nSPS) is 33.7. The van der Waals surface area contributed by atoms with Crippen molar-refractivity contribution in [1.82, 2.24) is 14.7 Å². The van der Waals surface area contributed by atoms with Crippen LogP contribution >= 0.6 is 0 Å². The molecule has 17 heavy (non-hydrogen) atoms. The van der Waals surface area contributed by atoms with Gasteiger partial charge in [0.1, 0.15) is 0 Å². The van der Waals surface area contributed by atoms with Gasteiger partial charge in [-0.3, -0.25) is 4.90 Å². The molecule has 0 bridgehead atoms. The Morgan fingerprint density at radius 3 is 2.18 bits per heavy atom. The minimum atomic E-state index is 0.536. The number of piperazine rings is 1. The molecule has 0 radical (unpaired) electrons. The third-order valence-electron chi connectivity index (χ3n) is 4.49. The molecule has 0 spiro atoms. The summed E-state index contributed by atoms with van der Waals surface area (Å²) in [7, 11) is 2.25. The van der Waals surface area contributed by atoms with Crippen molar-refractivity contribution in [1.29, 1.82) is 0 Å². The Balaban J connectivity index is 1.78. The Morgan fingerprint density at radius 1 is 1.06 bits per heavy atom. The van der Waals surface area contributed by atoms with Crippen molar-refractivity contribution in [2.75, 3.05) is 52.9 Å². The molecule has 1 unspecified atom stereocenters. The fraction of sp³-hybridized carbons (Fsp3) is 1.00. The topological polar surface area (TPSA) is 9.72 Å². The summed E-state index contributed by atoms with van der Waals surface area (Å²) in [4.78, 5) is 7.75. The third-order valence-corrected chi connectivity index (χ3v) is 4.49. The highest BCUT2D eigenvalue weighted by atomic mass is 15.3. The van der Waals surface area contributed by atoms with Crippen LogP contribution in [0.3, 0.4) is 0 Å². The van der Waals surface area contributed by atoms with Crippen LogP contribution in [0.2, 0.25) is 0 Å². The zero-order chi connectivity index (χ0) is 12.5. The Morgan fingerprint density at radius 2 is 1.71 bits per heavy atom. The maximum Gasteiger partial charge on any atom is 0.0113 e. The fourth-order valence-corrected chi connectivity index (χ4v) is 3.38. The molecule has 2 rings (SSSR count). The summed E-state index contributed by atoms with van der Waals surface area (Å²) in [5.41, 5.74) is 0.536. The lowest BCUT2D eigenvalue weighted by Gasteiger charge is -2.40. The van der Waals surface area contributed by atoms with Crippen LogP contribution in [0.15, 0.2) is 0 Å². The summed E-state index contributed by atoms with van der Waals surface area (Å²) >= 11 is 0. The highest BCUT2D eigenvalue weighted by Gasteiger charge is 2.34. The molecule has 0 aromatic carbocycles. The molecule has 3 nitrogen and oxygen atoms in total. The van der Waals surface area contributed by atoms with Gasteiger partial charge in [-0.05, 0) is 39.3 Å². The average molecular weight is 239 g/mol. The maximum atomic E-state index is 2.68. The Kier molecular flexibility index (Phi) is 4.11. The van der Waals surface area contributed by atoms with E-state index in [1.807, 2.05) is 0 Å². The van der Waals surface area contributed by atoms with Crippen molar-refractivity contribution >= 4 is 0 Å². The van der Waals surface area contributed by atoms with Gasteiger partial charge in [0, 0.05) is 45.3 Å². The van der Waals surface area contributed by atoms with E-state index < -0.39 is 0 Å². The lowest BCUT2D eigenvalue weighted by molar-refractivity contribution is 0.0781. The van der Waals surface area contributed by atoms with E-state index in [4.69, 9.17) is 0 Å². The van der Waals surface area contributed by atoms with Crippen LogP contribution in [0, 0.1) is 5.41 Å². The van der Waals surface area contributed by atoms with Crippen LogP contribution in [0.1, 0.15) is 27.2 Å². The summed E-state index contributed by atoms with van der Waals surface area (Å²) in [6, 6.07) is 0.713. The summed E-state index contributed by atoms with van der Waals surface area (Å²) in [5.74, 6) is 0. The number of hydrogen-bond donors (Lipinski definition) is 0. The van der Waals surface area contributed by atoms with Gasteiger partial charge >= 0.3 is 0 Å². The second kappa shape index (κ2) is 5.25. The Labute approximate surface area is 107 Å². The van der Waals surface area contributed by atoms with E-state index in [2.05, 4.69) is 42.5 Å². The van der Waals surface area contributed by atoms with Crippen LogP contribution in [-0.2, 0) is 0 Å². The Bertz CT molecular complexity index is 246. The first-order valence-corrected chi connectivity index (χ1v) is 7.13. The lowest BCUT2D eigenvalue weighted by atomic mass is 9.89. The van der Waals surface area contributed by atoms with Crippen molar-refractivity contribution in [3.05, 3.63) is 0 Å². The number of rotatable bonds is 3. The van der Waals surface area contributed by atoms with Gasteiger partial charge in [-0.2, -0.15) is 0 Å². The molecule has 0 N–H and O–H groups in total. The molecule has 0 aliphatic carbocycles. The number of likely N-dealkylation sites (tertiary alicyclic amines) is 1. The second-order valence-corrected chi connectivity index (χ2v) is 6.70. The molecule has 3 heteroatoms. The first kappa shape index (κ1) is 13.3. The van der Waals surface area contributed by atoms with Crippen LogP contribution in [0.4, 0.5) is 0 Å². The van der Waals surface area contributed by atoms with Crippen LogP contribution in [0.5, 0.6) is 0 Å². The smallest absolute Gasteiger partial charge is 0.0113 e. The molecule has 2 aliphatic heterocycles. The molecule has 100 valence electrons. The van der Waals surface area contributed by atoms with E-state index in [0.29, 0.717) is 11.5 Å². The zero-order valence-corrected chi connectivity index (χ0v) is 12.1. The first-order valence-electron chi connectivity index (χ1n) is 7.13. The van der Waals surface area contributed by atoms with Crippen LogP contribution in [-0.4, -0.2) is 73.6 Å². The van der Waals surface area contributed by atoms with Crippen molar-refractivity contribution in [3.8, 4) is 0 Å². The van der Waals surface area contributed by atoms with Gasteiger partial charge < -0.3 is 9.80 Å². The molecule has 0 aromatic rings. The standard InChI is InChI=1S/C14H29N3/c1-13(2)17-9-7-16(8-10-17)12-14(3)5-6-15(4)11-14/h13H,5-12H2,1-4H3. The monoisotopic (exact) mass is 239 g/mol. The highest BCUT2D eigenvalue weighted by Crippen LogP contribution is 2.30. The Hall–Kier alpha value is -0.120. The predicted molar refractivity (Wildman–Crippen MR) is 73.4 cm³/mol. The van der Waals surface area contributed by atoms with E-state index in [0.717, 1.165) is 0 Å². The fourth-order valence-electron chi connectivity index (χ4n) is 3.38. The van der Waals surface area contributed by atoms with E-state index >= 15 is 0 Å². The van der Waals surface area contributed by atoms with Gasteiger partial charge in [-0.1, -0.05) is 6.92 Å². The molecule has 2 heterocycles. The van der Waals surface area contributed by atoms with Crippen molar-refractivity contribution < 1.29 is 0 Å². The summed E-state index contributed by atoms with van der Waals surface area (Å²) in [5, 5.41) is 0. The zero-order valence-electron chi connectivity index (χ0n) is 12.1. The third kappa shape index (κ3) is 3.43. The second-order valence-electron chi connectivity index (χ2n) is 6.70. The molecule has 0 saturated carbocycles. The molecule has 0 amide bonds.